The van der Waals surface area contributed by atoms with E-state index in [0.29, 0.717) is 5.92 Å². The topological polar surface area (TPSA) is 48.5 Å². The fraction of sp³-hybridized carbons (Fsp3) is 0.647. The number of urea groups is 1. The Hall–Kier alpha value is -1.62. The number of likely N-dealkylation sites (tertiary alicyclic amines) is 2. The lowest BCUT2D eigenvalue weighted by Crippen LogP contribution is -2.37. The Labute approximate surface area is 132 Å². The first-order valence-electron chi connectivity index (χ1n) is 8.41. The van der Waals surface area contributed by atoms with Gasteiger partial charge in [-0.3, -0.25) is 4.98 Å². The van der Waals surface area contributed by atoms with Crippen molar-refractivity contribution in [2.75, 3.05) is 38.0 Å². The zero-order valence-corrected chi connectivity index (χ0v) is 13.4. The number of rotatable bonds is 3. The van der Waals surface area contributed by atoms with Gasteiger partial charge in [0.05, 0.1) is 0 Å². The van der Waals surface area contributed by atoms with Crippen LogP contribution in [0.15, 0.2) is 18.3 Å². The van der Waals surface area contributed by atoms with Gasteiger partial charge in [0.2, 0.25) is 0 Å². The molecule has 2 aliphatic heterocycles. The third-order valence-corrected chi connectivity index (χ3v) is 4.69. The van der Waals surface area contributed by atoms with Gasteiger partial charge in [-0.1, -0.05) is 6.42 Å². The van der Waals surface area contributed by atoms with E-state index in [9.17, 15) is 4.79 Å². The summed E-state index contributed by atoms with van der Waals surface area (Å²) in [6.07, 6.45) is 6.89. The van der Waals surface area contributed by atoms with Crippen LogP contribution in [0.4, 0.5) is 10.5 Å². The smallest absolute Gasteiger partial charge is 0.321 e. The van der Waals surface area contributed by atoms with Gasteiger partial charge in [-0.2, -0.15) is 0 Å². The van der Waals surface area contributed by atoms with Crippen LogP contribution in [0.25, 0.3) is 0 Å². The Bertz CT molecular complexity index is 513. The number of aryl methyl sites for hydroxylation is 1. The number of nitrogens with zero attached hydrogens (tertiary/aromatic N) is 3. The minimum Gasteiger partial charge on any atom is -0.324 e. The van der Waals surface area contributed by atoms with Gasteiger partial charge in [0.15, 0.2) is 0 Å². The largest absolute Gasteiger partial charge is 0.324 e. The number of nitrogens with one attached hydrogen (secondary N) is 1. The van der Waals surface area contributed by atoms with Crippen molar-refractivity contribution in [3.8, 4) is 0 Å². The van der Waals surface area contributed by atoms with E-state index in [1.54, 1.807) is 6.20 Å². The lowest BCUT2D eigenvalue weighted by Gasteiger charge is -2.29. The number of anilines is 1. The molecule has 3 rings (SSSR count). The first-order chi connectivity index (χ1) is 10.7. The van der Waals surface area contributed by atoms with Crippen molar-refractivity contribution in [3.63, 3.8) is 0 Å². The molecule has 1 unspecified atom stereocenters. The van der Waals surface area contributed by atoms with Crippen LogP contribution in [0, 0.1) is 12.8 Å². The van der Waals surface area contributed by atoms with E-state index >= 15 is 0 Å². The molecule has 1 aromatic rings. The predicted octanol–water partition coefficient (Wildman–Crippen LogP) is 2.73. The van der Waals surface area contributed by atoms with Crippen LogP contribution in [0.3, 0.4) is 0 Å². The molecule has 2 saturated heterocycles. The molecule has 0 aromatic carbocycles. The van der Waals surface area contributed by atoms with Crippen LogP contribution in [-0.2, 0) is 0 Å². The van der Waals surface area contributed by atoms with Crippen molar-refractivity contribution in [1.82, 2.24) is 14.8 Å². The van der Waals surface area contributed by atoms with Crippen molar-refractivity contribution >= 4 is 11.7 Å². The molecule has 1 aromatic heterocycles. The number of carbonyl (C=O) groups excluding carboxylic acids is 1. The van der Waals surface area contributed by atoms with Gasteiger partial charge in [-0.25, -0.2) is 4.79 Å². The SMILES string of the molecule is Cc1cc(NC(=O)N2CCC(CN3CCCCC3)C2)ccn1. The molecule has 0 spiro atoms. The van der Waals surface area contributed by atoms with E-state index in [4.69, 9.17) is 0 Å². The average molecular weight is 302 g/mol. The molecule has 1 atom stereocenters. The second-order valence-electron chi connectivity index (χ2n) is 6.58. The molecular weight excluding hydrogens is 276 g/mol. The lowest BCUT2D eigenvalue weighted by molar-refractivity contribution is 0.192. The highest BCUT2D eigenvalue weighted by molar-refractivity contribution is 5.89. The predicted molar refractivity (Wildman–Crippen MR) is 88.0 cm³/mol. The number of amides is 2. The number of pyridine rings is 1. The Morgan fingerprint density at radius 2 is 2.14 bits per heavy atom. The molecule has 2 amide bonds. The molecule has 5 nitrogen and oxygen atoms in total. The summed E-state index contributed by atoms with van der Waals surface area (Å²) in [6.45, 7) is 7.30. The van der Waals surface area contributed by atoms with E-state index in [0.717, 1.165) is 37.4 Å². The average Bonchev–Trinajstić information content (AvgIpc) is 2.97. The van der Waals surface area contributed by atoms with Crippen LogP contribution >= 0.6 is 0 Å². The van der Waals surface area contributed by atoms with E-state index in [2.05, 4.69) is 15.2 Å². The van der Waals surface area contributed by atoms with Gasteiger partial charge >= 0.3 is 6.03 Å². The van der Waals surface area contributed by atoms with E-state index in [1.165, 1.54) is 32.4 Å². The molecule has 0 aliphatic carbocycles. The summed E-state index contributed by atoms with van der Waals surface area (Å²) in [4.78, 5) is 21.0. The monoisotopic (exact) mass is 302 g/mol. The summed E-state index contributed by atoms with van der Waals surface area (Å²) in [5.41, 5.74) is 1.75. The molecule has 22 heavy (non-hydrogen) atoms. The van der Waals surface area contributed by atoms with Crippen molar-refractivity contribution in [1.29, 1.82) is 0 Å². The first kappa shape index (κ1) is 15.3. The second kappa shape index (κ2) is 7.09. The Morgan fingerprint density at radius 1 is 1.32 bits per heavy atom. The van der Waals surface area contributed by atoms with Crippen molar-refractivity contribution in [2.24, 2.45) is 5.92 Å². The van der Waals surface area contributed by atoms with Crippen LogP contribution in [-0.4, -0.2) is 53.5 Å². The fourth-order valence-electron chi connectivity index (χ4n) is 3.50. The zero-order chi connectivity index (χ0) is 15.4. The molecule has 2 fully saturated rings. The van der Waals surface area contributed by atoms with Crippen LogP contribution in [0.5, 0.6) is 0 Å². The highest BCUT2D eigenvalue weighted by Gasteiger charge is 2.28. The molecule has 3 heterocycles. The van der Waals surface area contributed by atoms with Gasteiger partial charge in [0.1, 0.15) is 0 Å². The molecule has 0 radical (unpaired) electrons. The molecule has 5 heteroatoms. The quantitative estimate of drug-likeness (QED) is 0.934. The zero-order valence-electron chi connectivity index (χ0n) is 13.4. The van der Waals surface area contributed by atoms with Gasteiger partial charge < -0.3 is 15.1 Å². The Kier molecular flexibility index (Phi) is 4.93. The first-order valence-corrected chi connectivity index (χ1v) is 8.41. The maximum Gasteiger partial charge on any atom is 0.321 e. The summed E-state index contributed by atoms with van der Waals surface area (Å²) in [5.74, 6) is 0.628. The number of piperidine rings is 1. The summed E-state index contributed by atoms with van der Waals surface area (Å²) in [5, 5.41) is 2.98. The van der Waals surface area contributed by atoms with Gasteiger partial charge in [-0.15, -0.1) is 0 Å². The normalized spacial score (nSPS) is 22.8. The van der Waals surface area contributed by atoms with Gasteiger partial charge in [0, 0.05) is 37.2 Å². The fourth-order valence-corrected chi connectivity index (χ4v) is 3.50. The summed E-state index contributed by atoms with van der Waals surface area (Å²) >= 11 is 0. The summed E-state index contributed by atoms with van der Waals surface area (Å²) in [7, 11) is 0. The molecule has 0 saturated carbocycles. The summed E-state index contributed by atoms with van der Waals surface area (Å²) in [6, 6.07) is 3.76. The van der Waals surface area contributed by atoms with E-state index < -0.39 is 0 Å². The number of hydrogen-bond acceptors (Lipinski definition) is 3. The van der Waals surface area contributed by atoms with E-state index in [1.807, 2.05) is 24.0 Å². The molecule has 0 bridgehead atoms. The van der Waals surface area contributed by atoms with E-state index in [-0.39, 0.29) is 6.03 Å². The Balaban J connectivity index is 1.48. The van der Waals surface area contributed by atoms with Crippen LogP contribution in [0.2, 0.25) is 0 Å². The number of aromatic nitrogens is 1. The highest BCUT2D eigenvalue weighted by Crippen LogP contribution is 2.20. The lowest BCUT2D eigenvalue weighted by atomic mass is 10.1. The molecular formula is C17H26N4O. The third-order valence-electron chi connectivity index (χ3n) is 4.69. The van der Waals surface area contributed by atoms with Crippen molar-refractivity contribution in [3.05, 3.63) is 24.0 Å². The minimum absolute atomic E-state index is 0.0201. The standard InChI is InChI=1S/C17H26N4O/c1-14-11-16(5-7-18-14)19-17(22)21-10-6-15(13-21)12-20-8-3-2-4-9-20/h5,7,11,15H,2-4,6,8-10,12-13H2,1H3,(H,18,19,22). The second-order valence-corrected chi connectivity index (χ2v) is 6.58. The maximum atomic E-state index is 12.3. The minimum atomic E-state index is 0.0201. The van der Waals surface area contributed by atoms with Gasteiger partial charge in [0.25, 0.3) is 0 Å². The van der Waals surface area contributed by atoms with Crippen LogP contribution < -0.4 is 5.32 Å². The summed E-state index contributed by atoms with van der Waals surface area (Å²) < 4.78 is 0. The molecule has 2 aliphatic rings. The van der Waals surface area contributed by atoms with Gasteiger partial charge in [-0.05, 0) is 57.3 Å². The maximum absolute atomic E-state index is 12.3. The molecule has 120 valence electrons. The number of hydrogen-bond donors (Lipinski definition) is 1. The number of carbonyl (C=O) groups is 1. The molecule has 1 N–H and O–H groups in total. The van der Waals surface area contributed by atoms with Crippen LogP contribution in [0.1, 0.15) is 31.4 Å². The van der Waals surface area contributed by atoms with Crippen molar-refractivity contribution in [2.45, 2.75) is 32.6 Å². The highest BCUT2D eigenvalue weighted by atomic mass is 16.2. The van der Waals surface area contributed by atoms with Crippen molar-refractivity contribution < 1.29 is 4.79 Å². The Morgan fingerprint density at radius 3 is 2.91 bits per heavy atom. The third kappa shape index (κ3) is 3.97.